The molecule has 0 bridgehead atoms. The van der Waals surface area contributed by atoms with Crippen LogP contribution in [-0.2, 0) is 6.54 Å². The molecule has 23 heavy (non-hydrogen) atoms. The zero-order valence-electron chi connectivity index (χ0n) is 13.7. The minimum absolute atomic E-state index is 0.171. The average molecular weight is 315 g/mol. The topological polar surface area (TPSA) is 97.1 Å². The number of ketones is 1. The lowest BCUT2D eigenvalue weighted by Crippen LogP contribution is -2.36. The summed E-state index contributed by atoms with van der Waals surface area (Å²) in [6.45, 7) is 4.27. The van der Waals surface area contributed by atoms with Gasteiger partial charge in [-0.15, -0.1) is 0 Å². The minimum Gasteiger partial charge on any atom is -0.369 e. The first-order chi connectivity index (χ1) is 11.1. The molecule has 6 nitrogen and oxygen atoms in total. The number of rotatable bonds is 5. The van der Waals surface area contributed by atoms with E-state index in [1.807, 2.05) is 36.1 Å². The third-order valence-corrected chi connectivity index (χ3v) is 3.84. The van der Waals surface area contributed by atoms with Gasteiger partial charge in [0.2, 0.25) is 5.96 Å². The van der Waals surface area contributed by atoms with Gasteiger partial charge in [0.15, 0.2) is 11.7 Å². The molecule has 4 N–H and O–H groups in total. The van der Waals surface area contributed by atoms with Crippen molar-refractivity contribution >= 4 is 17.7 Å². The van der Waals surface area contributed by atoms with Gasteiger partial charge in [-0.25, -0.2) is 4.99 Å². The van der Waals surface area contributed by atoms with Gasteiger partial charge in [-0.05, 0) is 24.8 Å². The lowest BCUT2D eigenvalue weighted by molar-refractivity contribution is 0.0981. The summed E-state index contributed by atoms with van der Waals surface area (Å²) < 4.78 is 0. The number of guanidine groups is 2. The van der Waals surface area contributed by atoms with Crippen LogP contribution in [0.5, 0.6) is 0 Å². The van der Waals surface area contributed by atoms with Crippen molar-refractivity contribution in [3.8, 4) is 0 Å². The molecule has 0 saturated carbocycles. The highest BCUT2D eigenvalue weighted by molar-refractivity contribution is 5.96. The van der Waals surface area contributed by atoms with Crippen LogP contribution in [0.15, 0.2) is 34.3 Å². The highest BCUT2D eigenvalue weighted by Gasteiger charge is 2.13. The second-order valence-electron chi connectivity index (χ2n) is 5.71. The number of Topliss-reactive ketones (excluding diaryl/α,β-unsaturated/α-hetero) is 1. The van der Waals surface area contributed by atoms with Gasteiger partial charge in [0, 0.05) is 25.1 Å². The zero-order chi connectivity index (χ0) is 16.7. The molecule has 1 heterocycles. The van der Waals surface area contributed by atoms with Crippen molar-refractivity contribution < 1.29 is 4.79 Å². The number of hydrogen-bond donors (Lipinski definition) is 2. The lowest BCUT2D eigenvalue weighted by atomic mass is 10.1. The fourth-order valence-corrected chi connectivity index (χ4v) is 2.51. The van der Waals surface area contributed by atoms with E-state index in [1.54, 1.807) is 0 Å². The quantitative estimate of drug-likeness (QED) is 0.492. The van der Waals surface area contributed by atoms with Crippen LogP contribution >= 0.6 is 0 Å². The maximum Gasteiger partial charge on any atom is 0.218 e. The highest BCUT2D eigenvalue weighted by Crippen LogP contribution is 2.09. The van der Waals surface area contributed by atoms with Gasteiger partial charge >= 0.3 is 0 Å². The van der Waals surface area contributed by atoms with Gasteiger partial charge in [-0.3, -0.25) is 4.79 Å². The molecule has 1 aliphatic rings. The van der Waals surface area contributed by atoms with E-state index in [2.05, 4.69) is 9.98 Å². The van der Waals surface area contributed by atoms with Gasteiger partial charge < -0.3 is 16.4 Å². The Morgan fingerprint density at radius 1 is 1.17 bits per heavy atom. The predicted molar refractivity (Wildman–Crippen MR) is 93.4 cm³/mol. The number of likely N-dealkylation sites (tertiary alicyclic amines) is 1. The summed E-state index contributed by atoms with van der Waals surface area (Å²) in [6.07, 6.45) is 3.71. The summed E-state index contributed by atoms with van der Waals surface area (Å²) in [6, 6.07) is 7.46. The Kier molecular flexibility index (Phi) is 6.14. The molecule has 0 aliphatic carbocycles. The molecule has 0 unspecified atom stereocenters. The third kappa shape index (κ3) is 5.09. The fourth-order valence-electron chi connectivity index (χ4n) is 2.51. The maximum absolute atomic E-state index is 11.8. The van der Waals surface area contributed by atoms with E-state index in [1.165, 1.54) is 0 Å². The van der Waals surface area contributed by atoms with E-state index in [0.29, 0.717) is 18.9 Å². The van der Waals surface area contributed by atoms with E-state index in [0.717, 1.165) is 43.5 Å². The molecule has 1 aromatic rings. The number of carbonyl (C=O) groups excluding carboxylic acids is 1. The normalized spacial score (nSPS) is 16.0. The maximum atomic E-state index is 11.8. The van der Waals surface area contributed by atoms with Crippen molar-refractivity contribution in [1.82, 2.24) is 4.90 Å². The SMILES string of the molecule is CCCC(=O)c1ccc(CN=C(N)N=C(N)N2CCCC2)cc1. The van der Waals surface area contributed by atoms with E-state index < -0.39 is 0 Å². The van der Waals surface area contributed by atoms with Crippen LogP contribution in [0.2, 0.25) is 0 Å². The summed E-state index contributed by atoms with van der Waals surface area (Å²) in [7, 11) is 0. The largest absolute Gasteiger partial charge is 0.369 e. The van der Waals surface area contributed by atoms with Gasteiger partial charge in [0.1, 0.15) is 0 Å². The minimum atomic E-state index is 0.171. The van der Waals surface area contributed by atoms with E-state index >= 15 is 0 Å². The van der Waals surface area contributed by atoms with Gasteiger partial charge in [0.25, 0.3) is 0 Å². The molecule has 6 heteroatoms. The van der Waals surface area contributed by atoms with Crippen molar-refractivity contribution in [2.24, 2.45) is 21.5 Å². The zero-order valence-corrected chi connectivity index (χ0v) is 13.7. The molecule has 1 fully saturated rings. The molecule has 1 saturated heterocycles. The highest BCUT2D eigenvalue weighted by atomic mass is 16.1. The summed E-state index contributed by atoms with van der Waals surface area (Å²) in [5, 5.41) is 0. The second kappa shape index (κ2) is 8.31. The summed E-state index contributed by atoms with van der Waals surface area (Å²) in [5.41, 5.74) is 13.4. The standard InChI is InChI=1S/C17H25N5O/c1-2-5-15(23)14-8-6-13(7-9-14)12-20-16(18)21-17(19)22-10-3-4-11-22/h6-9H,2-5,10-12H2,1H3,(H4,18,19,20,21). The monoisotopic (exact) mass is 315 g/mol. The third-order valence-electron chi connectivity index (χ3n) is 3.84. The molecule has 124 valence electrons. The Hall–Kier alpha value is -2.37. The van der Waals surface area contributed by atoms with Crippen molar-refractivity contribution in [3.63, 3.8) is 0 Å². The number of hydrogen-bond acceptors (Lipinski definition) is 2. The van der Waals surface area contributed by atoms with Crippen molar-refractivity contribution in [2.45, 2.75) is 39.2 Å². The molecule has 1 aromatic carbocycles. The number of nitrogens with two attached hydrogens (primary N) is 2. The van der Waals surface area contributed by atoms with E-state index in [9.17, 15) is 4.79 Å². The molecular weight excluding hydrogens is 290 g/mol. The summed E-state index contributed by atoms with van der Waals surface area (Å²) in [5.74, 6) is 0.787. The second-order valence-corrected chi connectivity index (χ2v) is 5.71. The Bertz CT molecular complexity index is 586. The molecule has 1 aliphatic heterocycles. The molecule has 0 radical (unpaired) electrons. The van der Waals surface area contributed by atoms with Crippen LogP contribution in [0, 0.1) is 0 Å². The van der Waals surface area contributed by atoms with Gasteiger partial charge in [-0.2, -0.15) is 4.99 Å². The van der Waals surface area contributed by atoms with Crippen LogP contribution in [0.3, 0.4) is 0 Å². The predicted octanol–water partition coefficient (Wildman–Crippen LogP) is 1.89. The van der Waals surface area contributed by atoms with Gasteiger partial charge in [-0.1, -0.05) is 31.2 Å². The Morgan fingerprint density at radius 3 is 2.43 bits per heavy atom. The lowest BCUT2D eigenvalue weighted by Gasteiger charge is -2.15. The van der Waals surface area contributed by atoms with Crippen LogP contribution in [-0.4, -0.2) is 35.7 Å². The smallest absolute Gasteiger partial charge is 0.218 e. The molecule has 0 aromatic heterocycles. The number of benzene rings is 1. The van der Waals surface area contributed by atoms with Gasteiger partial charge in [0.05, 0.1) is 6.54 Å². The van der Waals surface area contributed by atoms with E-state index in [-0.39, 0.29) is 11.7 Å². The van der Waals surface area contributed by atoms with Crippen LogP contribution in [0.4, 0.5) is 0 Å². The first-order valence-electron chi connectivity index (χ1n) is 8.11. The Balaban J connectivity index is 1.93. The summed E-state index contributed by atoms with van der Waals surface area (Å²) >= 11 is 0. The van der Waals surface area contributed by atoms with Crippen LogP contribution in [0.25, 0.3) is 0 Å². The van der Waals surface area contributed by atoms with Crippen LogP contribution < -0.4 is 11.5 Å². The molecule has 2 rings (SSSR count). The van der Waals surface area contributed by atoms with E-state index in [4.69, 9.17) is 11.5 Å². The molecule has 0 atom stereocenters. The first kappa shape index (κ1) is 17.0. The number of carbonyl (C=O) groups is 1. The number of nitrogens with zero attached hydrogens (tertiary/aromatic N) is 3. The molecule has 0 spiro atoms. The summed E-state index contributed by atoms with van der Waals surface area (Å²) in [4.78, 5) is 22.2. The number of aliphatic imine (C=N–C) groups is 2. The Morgan fingerprint density at radius 2 is 1.83 bits per heavy atom. The fraction of sp³-hybridized carbons (Fsp3) is 0.471. The van der Waals surface area contributed by atoms with Crippen molar-refractivity contribution in [2.75, 3.05) is 13.1 Å². The van der Waals surface area contributed by atoms with Crippen molar-refractivity contribution in [3.05, 3.63) is 35.4 Å². The average Bonchev–Trinajstić information content (AvgIpc) is 3.08. The van der Waals surface area contributed by atoms with Crippen molar-refractivity contribution in [1.29, 1.82) is 0 Å². The Labute approximate surface area is 137 Å². The molecule has 0 amide bonds. The molecular formula is C17H25N5O. The first-order valence-corrected chi connectivity index (χ1v) is 8.11. The van der Waals surface area contributed by atoms with Crippen LogP contribution in [0.1, 0.15) is 48.5 Å².